The fourth-order valence-electron chi connectivity index (χ4n) is 3.19. The van der Waals surface area contributed by atoms with E-state index in [1.165, 1.54) is 0 Å². The molecule has 32 heavy (non-hydrogen) atoms. The highest BCUT2D eigenvalue weighted by atomic mass is 16.4. The van der Waals surface area contributed by atoms with Crippen LogP contribution >= 0.6 is 0 Å². The van der Waals surface area contributed by atoms with Gasteiger partial charge >= 0.3 is 5.97 Å². The van der Waals surface area contributed by atoms with Gasteiger partial charge in [-0.15, -0.1) is 0 Å². The number of hydrogen-bond donors (Lipinski definition) is 3. The molecule has 0 fully saturated rings. The molecule has 1 aromatic heterocycles. The average Bonchev–Trinajstić information content (AvgIpc) is 2.74. The smallest absolute Gasteiger partial charge is 0.322 e. The third-order valence-corrected chi connectivity index (χ3v) is 4.96. The predicted octanol–water partition coefficient (Wildman–Crippen LogP) is 2.78. The lowest BCUT2D eigenvalue weighted by molar-refractivity contribution is -0.135. The van der Waals surface area contributed by atoms with Gasteiger partial charge in [0.15, 0.2) is 11.3 Å². The van der Waals surface area contributed by atoms with Crippen molar-refractivity contribution in [2.75, 3.05) is 6.54 Å². The molecule has 2 aromatic carbocycles. The van der Waals surface area contributed by atoms with Gasteiger partial charge in [-0.25, -0.2) is 4.68 Å². The lowest BCUT2D eigenvalue weighted by Gasteiger charge is -2.19. The molecule has 3 rings (SSSR count). The Balaban J connectivity index is 2.09. The Labute approximate surface area is 185 Å². The Morgan fingerprint density at radius 2 is 1.66 bits per heavy atom. The van der Waals surface area contributed by atoms with Crippen LogP contribution in [-0.4, -0.2) is 38.4 Å². The summed E-state index contributed by atoms with van der Waals surface area (Å²) in [6.07, 6.45) is 0. The highest BCUT2D eigenvalue weighted by molar-refractivity contribution is 5.99. The highest BCUT2D eigenvalue weighted by Crippen LogP contribution is 2.28. The van der Waals surface area contributed by atoms with Crippen molar-refractivity contribution in [3.8, 4) is 17.0 Å². The van der Waals surface area contributed by atoms with E-state index in [9.17, 15) is 19.5 Å². The summed E-state index contributed by atoms with van der Waals surface area (Å²) < 4.78 is 1.10. The molecule has 0 saturated carbocycles. The molecule has 8 heteroatoms. The second-order valence-electron chi connectivity index (χ2n) is 8.42. The van der Waals surface area contributed by atoms with E-state index in [1.54, 1.807) is 30.3 Å². The van der Waals surface area contributed by atoms with Crippen molar-refractivity contribution in [2.24, 2.45) is 0 Å². The van der Waals surface area contributed by atoms with Crippen molar-refractivity contribution in [2.45, 2.75) is 32.7 Å². The number of carboxylic acid groups (broad SMARTS) is 1. The largest absolute Gasteiger partial charge is 0.505 e. The molecule has 0 atom stereocenters. The topological polar surface area (TPSA) is 122 Å². The Morgan fingerprint density at radius 3 is 2.22 bits per heavy atom. The lowest BCUT2D eigenvalue weighted by atomic mass is 9.87. The van der Waals surface area contributed by atoms with Gasteiger partial charge in [0.1, 0.15) is 12.2 Å². The van der Waals surface area contributed by atoms with Gasteiger partial charge in [-0.1, -0.05) is 75.4 Å². The van der Waals surface area contributed by atoms with Gasteiger partial charge in [0.05, 0.1) is 6.54 Å². The van der Waals surface area contributed by atoms with Crippen LogP contribution in [0.2, 0.25) is 0 Å². The summed E-state index contributed by atoms with van der Waals surface area (Å²) >= 11 is 0. The monoisotopic (exact) mass is 435 g/mol. The van der Waals surface area contributed by atoms with Gasteiger partial charge in [-0.2, -0.15) is 5.10 Å². The summed E-state index contributed by atoms with van der Waals surface area (Å²) in [5, 5.41) is 26.0. The molecule has 1 amide bonds. The Hall–Kier alpha value is -3.94. The maximum Gasteiger partial charge on any atom is 0.322 e. The van der Waals surface area contributed by atoms with Gasteiger partial charge in [-0.3, -0.25) is 14.4 Å². The summed E-state index contributed by atoms with van der Waals surface area (Å²) in [5.74, 6) is -2.84. The van der Waals surface area contributed by atoms with Crippen LogP contribution in [0.5, 0.6) is 5.75 Å². The Bertz CT molecular complexity index is 1190. The van der Waals surface area contributed by atoms with E-state index in [-0.39, 0.29) is 17.7 Å². The molecule has 0 radical (unpaired) electrons. The number of carbonyl (C=O) groups is 2. The number of hydrogen-bond acceptors (Lipinski definition) is 5. The second-order valence-corrected chi connectivity index (χ2v) is 8.42. The van der Waals surface area contributed by atoms with Crippen LogP contribution < -0.4 is 10.9 Å². The number of carbonyl (C=O) groups excluding carboxylic acids is 1. The van der Waals surface area contributed by atoms with E-state index in [0.717, 1.165) is 15.8 Å². The number of nitrogens with one attached hydrogen (secondary N) is 1. The number of aromatic nitrogens is 2. The molecule has 0 aliphatic heterocycles. The average molecular weight is 435 g/mol. The summed E-state index contributed by atoms with van der Waals surface area (Å²) in [4.78, 5) is 36.4. The van der Waals surface area contributed by atoms with Crippen LogP contribution in [0.3, 0.4) is 0 Å². The number of benzene rings is 2. The fraction of sp³-hybridized carbons (Fsp3) is 0.250. The zero-order chi connectivity index (χ0) is 23.5. The van der Waals surface area contributed by atoms with Crippen molar-refractivity contribution in [3.63, 3.8) is 0 Å². The molecular weight excluding hydrogens is 410 g/mol. The van der Waals surface area contributed by atoms with Crippen molar-refractivity contribution >= 4 is 11.9 Å². The first kappa shape index (κ1) is 22.7. The number of nitrogens with zero attached hydrogens (tertiary/aromatic N) is 2. The molecule has 0 aliphatic rings. The SMILES string of the molecule is CC(C)(C)c1ccc(Cn2nc(-c3ccccc3)c(O)c(C(=O)NCC(=O)O)c2=O)cc1. The van der Waals surface area contributed by atoms with E-state index < -0.39 is 35.3 Å². The van der Waals surface area contributed by atoms with E-state index in [2.05, 4.69) is 31.2 Å². The minimum absolute atomic E-state index is 0.0258. The Morgan fingerprint density at radius 1 is 1.03 bits per heavy atom. The molecule has 0 spiro atoms. The van der Waals surface area contributed by atoms with E-state index in [0.29, 0.717) is 5.56 Å². The van der Waals surface area contributed by atoms with Crippen LogP contribution in [-0.2, 0) is 16.8 Å². The first-order chi connectivity index (χ1) is 15.1. The molecular formula is C24H25N3O5. The number of amides is 1. The predicted molar refractivity (Wildman–Crippen MR) is 120 cm³/mol. The Kier molecular flexibility index (Phi) is 6.43. The van der Waals surface area contributed by atoms with E-state index >= 15 is 0 Å². The van der Waals surface area contributed by atoms with Crippen molar-refractivity contribution < 1.29 is 19.8 Å². The van der Waals surface area contributed by atoms with Crippen molar-refractivity contribution in [3.05, 3.63) is 81.6 Å². The zero-order valence-corrected chi connectivity index (χ0v) is 18.1. The van der Waals surface area contributed by atoms with E-state index in [1.807, 2.05) is 24.3 Å². The van der Waals surface area contributed by atoms with Crippen LogP contribution in [0, 0.1) is 0 Å². The lowest BCUT2D eigenvalue weighted by Crippen LogP contribution is -2.37. The molecule has 0 bridgehead atoms. The van der Waals surface area contributed by atoms with Crippen molar-refractivity contribution in [1.29, 1.82) is 0 Å². The van der Waals surface area contributed by atoms with Crippen molar-refractivity contribution in [1.82, 2.24) is 15.1 Å². The first-order valence-corrected chi connectivity index (χ1v) is 10.1. The maximum atomic E-state index is 13.0. The summed E-state index contributed by atoms with van der Waals surface area (Å²) in [6.45, 7) is 5.68. The quantitative estimate of drug-likeness (QED) is 0.547. The minimum atomic E-state index is -1.27. The molecule has 3 aromatic rings. The molecule has 0 unspecified atom stereocenters. The van der Waals surface area contributed by atoms with Gasteiger partial charge in [0, 0.05) is 5.56 Å². The summed E-state index contributed by atoms with van der Waals surface area (Å²) in [7, 11) is 0. The first-order valence-electron chi connectivity index (χ1n) is 10.1. The van der Waals surface area contributed by atoms with E-state index in [4.69, 9.17) is 5.11 Å². The third-order valence-electron chi connectivity index (χ3n) is 4.96. The maximum absolute atomic E-state index is 13.0. The molecule has 0 saturated heterocycles. The number of rotatable bonds is 6. The second kappa shape index (κ2) is 9.05. The summed E-state index contributed by atoms with van der Waals surface area (Å²) in [5.41, 5.74) is 1.09. The van der Waals surface area contributed by atoms with Crippen LogP contribution in [0.25, 0.3) is 11.3 Å². The molecule has 8 nitrogen and oxygen atoms in total. The standard InChI is InChI=1S/C24H25N3O5/c1-24(2,3)17-11-9-15(10-12-17)14-27-23(32)19(22(31)25-13-18(28)29)21(30)20(26-27)16-7-5-4-6-8-16/h4-12,30H,13-14H2,1-3H3,(H,25,31)(H,28,29). The third kappa shape index (κ3) is 5.03. The van der Waals surface area contributed by atoms with Crippen LogP contribution in [0.4, 0.5) is 0 Å². The molecule has 0 aliphatic carbocycles. The zero-order valence-electron chi connectivity index (χ0n) is 18.1. The minimum Gasteiger partial charge on any atom is -0.505 e. The normalized spacial score (nSPS) is 11.2. The molecule has 3 N–H and O–H groups in total. The summed E-state index contributed by atoms with van der Waals surface area (Å²) in [6, 6.07) is 16.3. The van der Waals surface area contributed by atoms with Gasteiger partial charge < -0.3 is 15.5 Å². The highest BCUT2D eigenvalue weighted by Gasteiger charge is 2.24. The van der Waals surface area contributed by atoms with Gasteiger partial charge in [-0.05, 0) is 16.5 Å². The van der Waals surface area contributed by atoms with Gasteiger partial charge in [0.2, 0.25) is 0 Å². The number of aliphatic carboxylic acids is 1. The fourth-order valence-corrected chi connectivity index (χ4v) is 3.19. The van der Waals surface area contributed by atoms with Crippen LogP contribution in [0.1, 0.15) is 42.3 Å². The number of carboxylic acids is 1. The molecule has 1 heterocycles. The van der Waals surface area contributed by atoms with Crippen LogP contribution in [0.15, 0.2) is 59.4 Å². The molecule has 166 valence electrons. The number of aromatic hydroxyl groups is 1. The van der Waals surface area contributed by atoms with Gasteiger partial charge in [0.25, 0.3) is 11.5 Å².